The van der Waals surface area contributed by atoms with Gasteiger partial charge in [-0.25, -0.2) is 4.99 Å². The van der Waals surface area contributed by atoms with Crippen LogP contribution in [0.25, 0.3) is 0 Å². The molecule has 6 nitrogen and oxygen atoms in total. The van der Waals surface area contributed by atoms with Crippen molar-refractivity contribution in [1.82, 2.24) is 10.6 Å². The van der Waals surface area contributed by atoms with Crippen LogP contribution in [0.4, 0.5) is 0 Å². The summed E-state index contributed by atoms with van der Waals surface area (Å²) in [6.45, 7) is 9.60. The van der Waals surface area contributed by atoms with E-state index in [-0.39, 0.29) is 30.1 Å². The highest BCUT2D eigenvalue weighted by molar-refractivity contribution is 14.0. The summed E-state index contributed by atoms with van der Waals surface area (Å²) < 4.78 is 10.6. The maximum atomic E-state index is 9.51. The lowest BCUT2D eigenvalue weighted by Gasteiger charge is -2.17. The van der Waals surface area contributed by atoms with Crippen molar-refractivity contribution in [2.24, 2.45) is 10.9 Å². The predicted molar refractivity (Wildman–Crippen MR) is 122 cm³/mol. The van der Waals surface area contributed by atoms with Gasteiger partial charge in [0, 0.05) is 26.3 Å². The normalized spacial score (nSPS) is 13.4. The summed E-state index contributed by atoms with van der Waals surface area (Å²) in [6.07, 6.45) is 1.41. The molecule has 0 aliphatic carbocycles. The van der Waals surface area contributed by atoms with Gasteiger partial charge < -0.3 is 25.2 Å². The van der Waals surface area contributed by atoms with E-state index in [2.05, 4.69) is 22.5 Å². The van der Waals surface area contributed by atoms with Crippen LogP contribution in [0.2, 0.25) is 0 Å². The van der Waals surface area contributed by atoms with E-state index in [4.69, 9.17) is 9.47 Å². The largest absolute Gasteiger partial charge is 0.497 e. The van der Waals surface area contributed by atoms with Crippen LogP contribution in [-0.2, 0) is 11.3 Å². The molecule has 2 atom stereocenters. The monoisotopic (exact) mass is 493 g/mol. The summed E-state index contributed by atoms with van der Waals surface area (Å²) in [6, 6.07) is 7.92. The van der Waals surface area contributed by atoms with E-state index in [9.17, 15) is 5.11 Å². The lowest BCUT2D eigenvalue weighted by atomic mass is 10.1. The molecule has 7 heteroatoms. The smallest absolute Gasteiger partial charge is 0.191 e. The number of ether oxygens (including phenoxy) is 2. The highest BCUT2D eigenvalue weighted by Gasteiger charge is 2.07. The zero-order chi connectivity index (χ0) is 19.2. The second-order valence-corrected chi connectivity index (χ2v) is 6.56. The Labute approximate surface area is 181 Å². The Morgan fingerprint density at radius 3 is 2.48 bits per heavy atom. The van der Waals surface area contributed by atoms with Crippen molar-refractivity contribution in [3.8, 4) is 5.75 Å². The molecule has 0 aliphatic heterocycles. The van der Waals surface area contributed by atoms with E-state index in [0.717, 1.165) is 56.4 Å². The molecule has 3 N–H and O–H groups in total. The van der Waals surface area contributed by atoms with Crippen LogP contribution in [0, 0.1) is 5.92 Å². The molecular weight excluding hydrogens is 457 g/mol. The minimum atomic E-state index is -0.286. The first-order valence-corrected chi connectivity index (χ1v) is 9.46. The molecular formula is C20H36IN3O3. The maximum absolute atomic E-state index is 9.51. The Morgan fingerprint density at radius 1 is 1.19 bits per heavy atom. The van der Waals surface area contributed by atoms with Crippen molar-refractivity contribution >= 4 is 29.9 Å². The van der Waals surface area contributed by atoms with Gasteiger partial charge in [0.15, 0.2) is 5.96 Å². The highest BCUT2D eigenvalue weighted by atomic mass is 127. The molecule has 0 aromatic heterocycles. The summed E-state index contributed by atoms with van der Waals surface area (Å²) in [5.74, 6) is 2.00. The number of nitrogens with zero attached hydrogens (tertiary/aromatic N) is 1. The lowest BCUT2D eigenvalue weighted by Crippen LogP contribution is -2.40. The summed E-state index contributed by atoms with van der Waals surface area (Å²) in [7, 11) is 1.66. The van der Waals surface area contributed by atoms with E-state index in [0.29, 0.717) is 12.5 Å². The topological polar surface area (TPSA) is 75.1 Å². The van der Waals surface area contributed by atoms with Crippen LogP contribution in [0.1, 0.15) is 39.2 Å². The molecule has 1 aromatic rings. The minimum Gasteiger partial charge on any atom is -0.497 e. The van der Waals surface area contributed by atoms with Crippen LogP contribution in [0.5, 0.6) is 5.75 Å². The number of aliphatic hydroxyl groups is 1. The third-order valence-electron chi connectivity index (χ3n) is 3.90. The Morgan fingerprint density at radius 2 is 1.89 bits per heavy atom. The first-order chi connectivity index (χ1) is 12.5. The van der Waals surface area contributed by atoms with E-state index < -0.39 is 0 Å². The molecule has 0 amide bonds. The van der Waals surface area contributed by atoms with E-state index in [1.807, 2.05) is 38.1 Å². The molecule has 0 fully saturated rings. The molecule has 0 radical (unpaired) electrons. The second kappa shape index (κ2) is 15.9. The van der Waals surface area contributed by atoms with Crippen LogP contribution in [-0.4, -0.2) is 50.6 Å². The Kier molecular flexibility index (Phi) is 15.3. The van der Waals surface area contributed by atoms with Crippen molar-refractivity contribution < 1.29 is 14.6 Å². The first-order valence-electron chi connectivity index (χ1n) is 9.46. The highest BCUT2D eigenvalue weighted by Crippen LogP contribution is 2.11. The first kappa shape index (κ1) is 25.9. The van der Waals surface area contributed by atoms with Crippen molar-refractivity contribution in [3.63, 3.8) is 0 Å². The molecule has 27 heavy (non-hydrogen) atoms. The van der Waals surface area contributed by atoms with Crippen molar-refractivity contribution in [2.75, 3.05) is 33.4 Å². The Hall–Kier alpha value is -1.06. The van der Waals surface area contributed by atoms with Crippen molar-refractivity contribution in [2.45, 2.75) is 46.3 Å². The number of benzene rings is 1. The fraction of sp³-hybridized carbons (Fsp3) is 0.650. The van der Waals surface area contributed by atoms with Crippen molar-refractivity contribution in [1.29, 1.82) is 0 Å². The number of methoxy groups -OCH3 is 1. The molecule has 2 unspecified atom stereocenters. The number of hydrogen-bond donors (Lipinski definition) is 3. The number of hydrogen-bond acceptors (Lipinski definition) is 4. The molecule has 0 bridgehead atoms. The SMILES string of the molecule is CCOCCCNC(=NCc1ccc(OC)cc1)NCC(C)CC(C)O.I. The quantitative estimate of drug-likeness (QED) is 0.181. The number of nitrogens with one attached hydrogen (secondary N) is 2. The third-order valence-corrected chi connectivity index (χ3v) is 3.90. The number of halogens is 1. The molecule has 156 valence electrons. The fourth-order valence-electron chi connectivity index (χ4n) is 2.54. The average molecular weight is 493 g/mol. The Balaban J connectivity index is 0.00000676. The fourth-order valence-corrected chi connectivity index (χ4v) is 2.54. The number of aliphatic hydroxyl groups excluding tert-OH is 1. The zero-order valence-electron chi connectivity index (χ0n) is 17.0. The van der Waals surface area contributed by atoms with Crippen LogP contribution >= 0.6 is 24.0 Å². The third kappa shape index (κ3) is 12.9. The van der Waals surface area contributed by atoms with Crippen LogP contribution < -0.4 is 15.4 Å². The van der Waals surface area contributed by atoms with Gasteiger partial charge in [0.25, 0.3) is 0 Å². The molecule has 0 heterocycles. The van der Waals surface area contributed by atoms with Gasteiger partial charge in [-0.05, 0) is 50.3 Å². The van der Waals surface area contributed by atoms with Gasteiger partial charge in [0.2, 0.25) is 0 Å². The van der Waals surface area contributed by atoms with Gasteiger partial charge in [0.05, 0.1) is 19.8 Å². The van der Waals surface area contributed by atoms with Gasteiger partial charge in [-0.1, -0.05) is 19.1 Å². The molecule has 1 aromatic carbocycles. The van der Waals surface area contributed by atoms with Crippen molar-refractivity contribution in [3.05, 3.63) is 29.8 Å². The van der Waals surface area contributed by atoms with E-state index >= 15 is 0 Å². The van der Waals surface area contributed by atoms with Gasteiger partial charge in [-0.15, -0.1) is 24.0 Å². The van der Waals surface area contributed by atoms with E-state index in [1.54, 1.807) is 7.11 Å². The standard InChI is InChI=1S/C20H35N3O3.HI/c1-5-26-12-6-11-21-20(22-14-16(2)13-17(3)24)23-15-18-7-9-19(25-4)10-8-18;/h7-10,16-17,24H,5-6,11-15H2,1-4H3,(H2,21,22,23);1H. The zero-order valence-corrected chi connectivity index (χ0v) is 19.4. The summed E-state index contributed by atoms with van der Waals surface area (Å²) >= 11 is 0. The summed E-state index contributed by atoms with van der Waals surface area (Å²) in [5, 5.41) is 16.2. The van der Waals surface area contributed by atoms with Gasteiger partial charge in [0.1, 0.15) is 5.75 Å². The van der Waals surface area contributed by atoms with Gasteiger partial charge in [-0.3, -0.25) is 0 Å². The second-order valence-electron chi connectivity index (χ2n) is 6.56. The molecule has 0 spiro atoms. The van der Waals surface area contributed by atoms with Gasteiger partial charge >= 0.3 is 0 Å². The number of rotatable bonds is 12. The van der Waals surface area contributed by atoms with Crippen LogP contribution in [0.3, 0.4) is 0 Å². The Bertz CT molecular complexity index is 510. The molecule has 1 rings (SSSR count). The maximum Gasteiger partial charge on any atom is 0.191 e. The summed E-state index contributed by atoms with van der Waals surface area (Å²) in [4.78, 5) is 4.67. The predicted octanol–water partition coefficient (Wildman–Crippen LogP) is 3.18. The lowest BCUT2D eigenvalue weighted by molar-refractivity contribution is 0.145. The molecule has 0 saturated heterocycles. The summed E-state index contributed by atoms with van der Waals surface area (Å²) in [5.41, 5.74) is 1.12. The van der Waals surface area contributed by atoms with Gasteiger partial charge in [-0.2, -0.15) is 0 Å². The molecule has 0 saturated carbocycles. The van der Waals surface area contributed by atoms with E-state index in [1.165, 1.54) is 0 Å². The van der Waals surface area contributed by atoms with Crippen LogP contribution in [0.15, 0.2) is 29.3 Å². The minimum absolute atomic E-state index is 0. The number of guanidine groups is 1. The average Bonchev–Trinajstić information content (AvgIpc) is 2.63. The number of aliphatic imine (C=N–C) groups is 1. The molecule has 0 aliphatic rings.